The number of carbonyl (C=O) groups excluding carboxylic acids is 1. The smallest absolute Gasteiger partial charge is 0.336 e. The summed E-state index contributed by atoms with van der Waals surface area (Å²) in [4.78, 5) is 23.8. The van der Waals surface area contributed by atoms with Gasteiger partial charge < -0.3 is 9.15 Å². The topological polar surface area (TPSA) is 90.7 Å². The van der Waals surface area contributed by atoms with Crippen LogP contribution in [0.5, 0.6) is 0 Å². The standard InChI is InChI=1S/C17H17ClO6S/c1-2-10-5-15-13(7-14(10)18)12(6-16(19)24-15)8-23-17(20)11-3-4-25(21,22)9-11/h5-7,11H,2-4,8-9H2,1H3. The summed E-state index contributed by atoms with van der Waals surface area (Å²) >= 11 is 6.22. The van der Waals surface area contributed by atoms with Gasteiger partial charge in [-0.3, -0.25) is 4.79 Å². The summed E-state index contributed by atoms with van der Waals surface area (Å²) in [6.45, 7) is 1.80. The number of benzene rings is 1. The van der Waals surface area contributed by atoms with E-state index in [9.17, 15) is 18.0 Å². The first-order valence-electron chi connectivity index (χ1n) is 7.91. The highest BCUT2D eigenvalue weighted by atomic mass is 35.5. The zero-order valence-electron chi connectivity index (χ0n) is 13.6. The molecule has 1 fully saturated rings. The monoisotopic (exact) mass is 384 g/mol. The van der Waals surface area contributed by atoms with Crippen LogP contribution in [0.2, 0.25) is 5.02 Å². The summed E-state index contributed by atoms with van der Waals surface area (Å²) in [6, 6.07) is 4.64. The van der Waals surface area contributed by atoms with Gasteiger partial charge in [-0.25, -0.2) is 13.2 Å². The average molecular weight is 385 g/mol. The van der Waals surface area contributed by atoms with Gasteiger partial charge in [0.1, 0.15) is 12.2 Å². The normalized spacial score (nSPS) is 19.2. The molecular weight excluding hydrogens is 368 g/mol. The Hall–Kier alpha value is -1.86. The number of halogens is 1. The lowest BCUT2D eigenvalue weighted by atomic mass is 10.1. The number of rotatable bonds is 4. The highest BCUT2D eigenvalue weighted by molar-refractivity contribution is 7.91. The molecule has 0 aliphatic carbocycles. The van der Waals surface area contributed by atoms with E-state index in [-0.39, 0.29) is 24.5 Å². The number of sulfone groups is 1. The highest BCUT2D eigenvalue weighted by Gasteiger charge is 2.34. The van der Waals surface area contributed by atoms with Gasteiger partial charge in [-0.05, 0) is 30.5 Å². The van der Waals surface area contributed by atoms with Crippen molar-refractivity contribution >= 4 is 38.4 Å². The number of fused-ring (bicyclic) bond motifs is 1. The van der Waals surface area contributed by atoms with E-state index in [4.69, 9.17) is 20.8 Å². The van der Waals surface area contributed by atoms with Crippen molar-refractivity contribution in [2.75, 3.05) is 11.5 Å². The molecule has 1 unspecified atom stereocenters. The van der Waals surface area contributed by atoms with E-state index in [1.54, 1.807) is 12.1 Å². The lowest BCUT2D eigenvalue weighted by Crippen LogP contribution is -2.19. The molecule has 0 N–H and O–H groups in total. The van der Waals surface area contributed by atoms with E-state index in [0.29, 0.717) is 28.0 Å². The van der Waals surface area contributed by atoms with Crippen LogP contribution in [0.1, 0.15) is 24.5 Å². The van der Waals surface area contributed by atoms with Gasteiger partial charge in [0.25, 0.3) is 0 Å². The summed E-state index contributed by atoms with van der Waals surface area (Å²) in [5.41, 5.74) is 1.15. The number of hydrogen-bond acceptors (Lipinski definition) is 6. The second kappa shape index (κ2) is 6.80. The van der Waals surface area contributed by atoms with Crippen molar-refractivity contribution < 1.29 is 22.4 Å². The van der Waals surface area contributed by atoms with Crippen LogP contribution >= 0.6 is 11.6 Å². The molecule has 8 heteroatoms. The van der Waals surface area contributed by atoms with Crippen LogP contribution < -0.4 is 5.63 Å². The Kier molecular flexibility index (Phi) is 4.88. The molecule has 0 amide bonds. The Morgan fingerprint density at radius 1 is 1.32 bits per heavy atom. The minimum atomic E-state index is -3.16. The first kappa shape index (κ1) is 17.9. The molecule has 1 aliphatic heterocycles. The molecule has 1 saturated heterocycles. The fourth-order valence-electron chi connectivity index (χ4n) is 2.93. The van der Waals surface area contributed by atoms with Gasteiger partial charge in [-0.2, -0.15) is 0 Å². The van der Waals surface area contributed by atoms with Crippen LogP contribution in [0.4, 0.5) is 0 Å². The third kappa shape index (κ3) is 3.88. The molecule has 0 spiro atoms. The summed E-state index contributed by atoms with van der Waals surface area (Å²) in [7, 11) is -3.16. The molecule has 1 aromatic heterocycles. The molecule has 1 aromatic carbocycles. The Morgan fingerprint density at radius 2 is 2.08 bits per heavy atom. The third-order valence-corrected chi connectivity index (χ3v) is 6.43. The van der Waals surface area contributed by atoms with Gasteiger partial charge in [-0.1, -0.05) is 18.5 Å². The van der Waals surface area contributed by atoms with Crippen molar-refractivity contribution in [2.24, 2.45) is 5.92 Å². The summed E-state index contributed by atoms with van der Waals surface area (Å²) in [6.07, 6.45) is 0.957. The van der Waals surface area contributed by atoms with Crippen molar-refractivity contribution in [3.63, 3.8) is 0 Å². The molecule has 0 radical (unpaired) electrons. The Balaban J connectivity index is 1.85. The van der Waals surface area contributed by atoms with Crippen molar-refractivity contribution in [2.45, 2.75) is 26.4 Å². The van der Waals surface area contributed by atoms with E-state index in [2.05, 4.69) is 0 Å². The van der Waals surface area contributed by atoms with Crippen molar-refractivity contribution in [1.82, 2.24) is 0 Å². The SMILES string of the molecule is CCc1cc2oc(=O)cc(COC(=O)C3CCS(=O)(=O)C3)c2cc1Cl. The van der Waals surface area contributed by atoms with Crippen LogP contribution in [0, 0.1) is 5.92 Å². The second-order valence-electron chi connectivity index (χ2n) is 6.09. The Bertz CT molecular complexity index is 992. The van der Waals surface area contributed by atoms with Crippen LogP contribution in [0.3, 0.4) is 0 Å². The Morgan fingerprint density at radius 3 is 2.72 bits per heavy atom. The van der Waals surface area contributed by atoms with Gasteiger partial charge in [0.15, 0.2) is 9.84 Å². The minimum absolute atomic E-state index is 0.0000248. The number of carbonyl (C=O) groups is 1. The van der Waals surface area contributed by atoms with Gasteiger partial charge in [0, 0.05) is 22.0 Å². The molecular formula is C17H17ClO6S. The number of esters is 1. The summed E-state index contributed by atoms with van der Waals surface area (Å²) in [5, 5.41) is 1.13. The minimum Gasteiger partial charge on any atom is -0.461 e. The van der Waals surface area contributed by atoms with Crippen LogP contribution in [0.25, 0.3) is 11.0 Å². The molecule has 2 heterocycles. The van der Waals surface area contributed by atoms with E-state index in [1.807, 2.05) is 6.92 Å². The maximum atomic E-state index is 12.1. The van der Waals surface area contributed by atoms with Gasteiger partial charge in [0.05, 0.1) is 17.4 Å². The zero-order chi connectivity index (χ0) is 18.2. The van der Waals surface area contributed by atoms with Crippen molar-refractivity contribution in [3.05, 3.63) is 44.8 Å². The van der Waals surface area contributed by atoms with Gasteiger partial charge in [-0.15, -0.1) is 0 Å². The zero-order valence-corrected chi connectivity index (χ0v) is 15.2. The molecule has 1 atom stereocenters. The van der Waals surface area contributed by atoms with Crippen LogP contribution in [-0.2, 0) is 32.4 Å². The first-order valence-corrected chi connectivity index (χ1v) is 10.1. The maximum absolute atomic E-state index is 12.1. The number of aryl methyl sites for hydroxylation is 1. The maximum Gasteiger partial charge on any atom is 0.336 e. The summed E-state index contributed by atoms with van der Waals surface area (Å²) in [5.74, 6) is -1.40. The largest absolute Gasteiger partial charge is 0.461 e. The number of hydrogen-bond donors (Lipinski definition) is 0. The molecule has 0 bridgehead atoms. The van der Waals surface area contributed by atoms with Crippen LogP contribution in [-0.4, -0.2) is 25.9 Å². The van der Waals surface area contributed by atoms with Gasteiger partial charge in [0.2, 0.25) is 0 Å². The van der Waals surface area contributed by atoms with E-state index in [0.717, 1.165) is 5.56 Å². The molecule has 25 heavy (non-hydrogen) atoms. The summed E-state index contributed by atoms with van der Waals surface area (Å²) < 4.78 is 33.4. The molecule has 3 rings (SSSR count). The predicted octanol–water partition coefficient (Wildman–Crippen LogP) is 2.49. The lowest BCUT2D eigenvalue weighted by molar-refractivity contribution is -0.148. The van der Waals surface area contributed by atoms with Gasteiger partial charge >= 0.3 is 11.6 Å². The fraction of sp³-hybridized carbons (Fsp3) is 0.412. The van der Waals surface area contributed by atoms with Crippen LogP contribution in [0.15, 0.2) is 27.4 Å². The van der Waals surface area contributed by atoms with Crippen molar-refractivity contribution in [3.8, 4) is 0 Å². The average Bonchev–Trinajstić information content (AvgIpc) is 2.92. The second-order valence-corrected chi connectivity index (χ2v) is 8.73. The van der Waals surface area contributed by atoms with E-state index < -0.39 is 27.4 Å². The van der Waals surface area contributed by atoms with Crippen molar-refractivity contribution in [1.29, 1.82) is 0 Å². The first-order chi connectivity index (χ1) is 11.8. The molecule has 6 nitrogen and oxygen atoms in total. The molecule has 1 aliphatic rings. The Labute approximate surface area is 149 Å². The lowest BCUT2D eigenvalue weighted by Gasteiger charge is -2.11. The predicted molar refractivity (Wildman–Crippen MR) is 93.4 cm³/mol. The molecule has 134 valence electrons. The molecule has 0 saturated carbocycles. The molecule has 2 aromatic rings. The van der Waals surface area contributed by atoms with E-state index >= 15 is 0 Å². The number of ether oxygens (including phenoxy) is 1. The quantitative estimate of drug-likeness (QED) is 0.594. The van der Waals surface area contributed by atoms with E-state index in [1.165, 1.54) is 6.07 Å². The third-order valence-electron chi connectivity index (χ3n) is 4.31. The highest BCUT2D eigenvalue weighted by Crippen LogP contribution is 2.27. The fourth-order valence-corrected chi connectivity index (χ4v) is 4.95.